The van der Waals surface area contributed by atoms with Crippen molar-refractivity contribution in [2.45, 2.75) is 45.8 Å². The zero-order valence-corrected chi connectivity index (χ0v) is 13.6. The van der Waals surface area contributed by atoms with Crippen molar-refractivity contribution in [2.75, 3.05) is 6.54 Å². The van der Waals surface area contributed by atoms with E-state index in [9.17, 15) is 9.90 Å². The number of carbonyl (C=O) groups excluding carboxylic acids is 1. The summed E-state index contributed by atoms with van der Waals surface area (Å²) in [5.74, 6) is -0.0947. The smallest absolute Gasteiger partial charge is 0.230 e. The number of hydrogen-bond acceptors (Lipinski definition) is 3. The summed E-state index contributed by atoms with van der Waals surface area (Å²) in [6, 6.07) is 4.02. The van der Waals surface area contributed by atoms with Crippen molar-refractivity contribution in [3.05, 3.63) is 20.8 Å². The first-order valence-corrected chi connectivity index (χ1v) is 7.67. The minimum Gasteiger partial charge on any atom is -0.392 e. The molecule has 0 aliphatic rings. The highest BCUT2D eigenvalue weighted by Crippen LogP contribution is 2.29. The lowest BCUT2D eigenvalue weighted by molar-refractivity contribution is -0.135. The zero-order valence-electron chi connectivity index (χ0n) is 11.2. The zero-order chi connectivity index (χ0) is 13.9. The summed E-state index contributed by atoms with van der Waals surface area (Å²) in [7, 11) is 0. The third kappa shape index (κ3) is 4.07. The molecule has 1 aromatic rings. The first-order chi connectivity index (χ1) is 8.32. The second kappa shape index (κ2) is 6.68. The van der Waals surface area contributed by atoms with Crippen molar-refractivity contribution in [3.63, 3.8) is 0 Å². The van der Waals surface area contributed by atoms with E-state index in [0.717, 1.165) is 8.66 Å². The van der Waals surface area contributed by atoms with Gasteiger partial charge in [0.1, 0.15) is 0 Å². The van der Waals surface area contributed by atoms with Crippen LogP contribution in [-0.2, 0) is 4.79 Å². The van der Waals surface area contributed by atoms with E-state index in [0.29, 0.717) is 6.54 Å². The van der Waals surface area contributed by atoms with Crippen molar-refractivity contribution in [1.82, 2.24) is 4.90 Å². The largest absolute Gasteiger partial charge is 0.392 e. The van der Waals surface area contributed by atoms with Gasteiger partial charge in [-0.05, 0) is 55.8 Å². The highest BCUT2D eigenvalue weighted by Gasteiger charge is 2.25. The number of thiophene rings is 1. The summed E-state index contributed by atoms with van der Waals surface area (Å²) in [4.78, 5) is 15.2. The molecule has 18 heavy (non-hydrogen) atoms. The topological polar surface area (TPSA) is 40.5 Å². The molecule has 2 atom stereocenters. The molecule has 1 amide bonds. The fourth-order valence-electron chi connectivity index (χ4n) is 1.77. The Kier molecular flexibility index (Phi) is 5.82. The molecule has 0 fully saturated rings. The van der Waals surface area contributed by atoms with E-state index in [1.54, 1.807) is 23.2 Å². The molecule has 0 aliphatic heterocycles. The molecule has 1 aromatic heterocycles. The number of aliphatic hydroxyl groups is 1. The monoisotopic (exact) mass is 333 g/mol. The Labute approximate surface area is 121 Å². The second-order valence-corrected chi connectivity index (χ2v) is 7.29. The number of amides is 1. The average molecular weight is 334 g/mol. The summed E-state index contributed by atoms with van der Waals surface area (Å²) >= 11 is 4.99. The summed E-state index contributed by atoms with van der Waals surface area (Å²) in [6.45, 7) is 7.94. The van der Waals surface area contributed by atoms with Gasteiger partial charge < -0.3 is 10.0 Å². The van der Waals surface area contributed by atoms with E-state index in [2.05, 4.69) is 15.9 Å². The number of rotatable bonds is 5. The quantitative estimate of drug-likeness (QED) is 0.898. The lowest BCUT2D eigenvalue weighted by Crippen LogP contribution is -2.43. The minimum atomic E-state index is -0.501. The van der Waals surface area contributed by atoms with Gasteiger partial charge in [-0.2, -0.15) is 0 Å². The molecule has 1 rings (SSSR count). The normalized spacial score (nSPS) is 14.6. The standard InChI is InChI=1S/C13H20BrNO2S/c1-8(2)15(7-9(3)16)13(17)10(4)11-5-6-12(14)18-11/h5-6,8-10,16H,7H2,1-4H3. The minimum absolute atomic E-state index is 0.0697. The number of aliphatic hydroxyl groups excluding tert-OH is 1. The van der Waals surface area contributed by atoms with Gasteiger partial charge >= 0.3 is 0 Å². The molecule has 0 saturated carbocycles. The van der Waals surface area contributed by atoms with Crippen LogP contribution in [0.1, 0.15) is 38.5 Å². The van der Waals surface area contributed by atoms with Gasteiger partial charge in [-0.25, -0.2) is 0 Å². The van der Waals surface area contributed by atoms with Gasteiger partial charge in [-0.15, -0.1) is 11.3 Å². The molecule has 3 nitrogen and oxygen atoms in total. The summed E-state index contributed by atoms with van der Waals surface area (Å²) in [5, 5.41) is 9.48. The summed E-state index contributed by atoms with van der Waals surface area (Å²) in [6.07, 6.45) is -0.501. The van der Waals surface area contributed by atoms with Crippen LogP contribution in [0.25, 0.3) is 0 Å². The predicted octanol–water partition coefficient (Wildman–Crippen LogP) is 3.23. The molecule has 5 heteroatoms. The van der Waals surface area contributed by atoms with Crippen LogP contribution in [0.4, 0.5) is 0 Å². The van der Waals surface area contributed by atoms with Crippen LogP contribution >= 0.6 is 27.3 Å². The number of nitrogens with zero attached hydrogens (tertiary/aromatic N) is 1. The Morgan fingerprint density at radius 1 is 1.39 bits per heavy atom. The van der Waals surface area contributed by atoms with Gasteiger partial charge in [0.25, 0.3) is 0 Å². The Bertz CT molecular complexity index is 403. The van der Waals surface area contributed by atoms with E-state index >= 15 is 0 Å². The van der Waals surface area contributed by atoms with Crippen molar-refractivity contribution in [2.24, 2.45) is 0 Å². The first kappa shape index (κ1) is 15.7. The third-order valence-electron chi connectivity index (χ3n) is 2.76. The molecule has 0 radical (unpaired) electrons. The number of carbonyl (C=O) groups is 1. The maximum absolute atomic E-state index is 12.4. The predicted molar refractivity (Wildman–Crippen MR) is 79.0 cm³/mol. The fourth-order valence-corrected chi connectivity index (χ4v) is 3.24. The Morgan fingerprint density at radius 2 is 2.00 bits per heavy atom. The van der Waals surface area contributed by atoms with Crippen molar-refractivity contribution in [1.29, 1.82) is 0 Å². The Balaban J connectivity index is 2.82. The Hall–Kier alpha value is -0.390. The molecular weight excluding hydrogens is 314 g/mol. The number of halogens is 1. The maximum Gasteiger partial charge on any atom is 0.230 e. The average Bonchev–Trinajstić information content (AvgIpc) is 2.70. The first-order valence-electron chi connectivity index (χ1n) is 6.06. The maximum atomic E-state index is 12.4. The van der Waals surface area contributed by atoms with Crippen molar-refractivity contribution in [3.8, 4) is 0 Å². The van der Waals surface area contributed by atoms with Crippen LogP contribution in [0.5, 0.6) is 0 Å². The van der Waals surface area contributed by atoms with E-state index in [1.807, 2.05) is 32.9 Å². The van der Waals surface area contributed by atoms with Gasteiger partial charge in [-0.1, -0.05) is 0 Å². The van der Waals surface area contributed by atoms with E-state index in [-0.39, 0.29) is 17.9 Å². The SMILES string of the molecule is CC(O)CN(C(=O)C(C)c1ccc(Br)s1)C(C)C. The molecule has 0 aliphatic carbocycles. The summed E-state index contributed by atoms with van der Waals surface area (Å²) in [5.41, 5.74) is 0. The second-order valence-electron chi connectivity index (χ2n) is 4.80. The van der Waals surface area contributed by atoms with Gasteiger partial charge in [0.2, 0.25) is 5.91 Å². The molecule has 0 spiro atoms. The third-order valence-corrected chi connectivity index (χ3v) is 4.56. The molecule has 1 heterocycles. The number of hydrogen-bond donors (Lipinski definition) is 1. The van der Waals surface area contributed by atoms with E-state index in [4.69, 9.17) is 0 Å². The lowest BCUT2D eigenvalue weighted by Gasteiger charge is -2.30. The lowest BCUT2D eigenvalue weighted by atomic mass is 10.1. The van der Waals surface area contributed by atoms with Crippen LogP contribution < -0.4 is 0 Å². The van der Waals surface area contributed by atoms with Gasteiger partial charge in [-0.3, -0.25) is 4.79 Å². The highest BCUT2D eigenvalue weighted by atomic mass is 79.9. The molecule has 0 saturated heterocycles. The molecule has 2 unspecified atom stereocenters. The highest BCUT2D eigenvalue weighted by molar-refractivity contribution is 9.11. The summed E-state index contributed by atoms with van der Waals surface area (Å²) < 4.78 is 1.03. The molecule has 0 aromatic carbocycles. The fraction of sp³-hybridized carbons (Fsp3) is 0.615. The van der Waals surface area contributed by atoms with Crippen LogP contribution in [0, 0.1) is 0 Å². The van der Waals surface area contributed by atoms with Crippen LogP contribution in [-0.4, -0.2) is 34.6 Å². The molecular formula is C13H20BrNO2S. The van der Waals surface area contributed by atoms with E-state index < -0.39 is 6.10 Å². The van der Waals surface area contributed by atoms with Crippen LogP contribution in [0.3, 0.4) is 0 Å². The van der Waals surface area contributed by atoms with E-state index in [1.165, 1.54) is 0 Å². The Morgan fingerprint density at radius 3 is 2.39 bits per heavy atom. The van der Waals surface area contributed by atoms with Gasteiger partial charge in [0.05, 0.1) is 15.8 Å². The van der Waals surface area contributed by atoms with Crippen LogP contribution in [0.2, 0.25) is 0 Å². The molecule has 0 bridgehead atoms. The molecule has 102 valence electrons. The van der Waals surface area contributed by atoms with Crippen molar-refractivity contribution >= 4 is 33.2 Å². The van der Waals surface area contributed by atoms with Crippen molar-refractivity contribution < 1.29 is 9.90 Å². The van der Waals surface area contributed by atoms with Gasteiger partial charge in [0.15, 0.2) is 0 Å². The molecule has 1 N–H and O–H groups in total. The van der Waals surface area contributed by atoms with Crippen LogP contribution in [0.15, 0.2) is 15.9 Å². The van der Waals surface area contributed by atoms with Gasteiger partial charge in [0, 0.05) is 17.5 Å².